The lowest BCUT2D eigenvalue weighted by molar-refractivity contribution is 0.669. The van der Waals surface area contributed by atoms with Crippen molar-refractivity contribution in [2.75, 3.05) is 0 Å². The molecule has 0 amide bonds. The van der Waals surface area contributed by atoms with Gasteiger partial charge in [0.2, 0.25) is 0 Å². The van der Waals surface area contributed by atoms with Gasteiger partial charge in [-0.3, -0.25) is 0 Å². The summed E-state index contributed by atoms with van der Waals surface area (Å²) >= 11 is 0. The molecule has 0 radical (unpaired) electrons. The molecule has 0 saturated heterocycles. The average molecular weight is 258 g/mol. The largest absolute Gasteiger partial charge is 0.456 e. The van der Waals surface area contributed by atoms with Crippen LogP contribution >= 0.6 is 0 Å². The van der Waals surface area contributed by atoms with E-state index in [1.165, 1.54) is 27.5 Å². The third-order valence-corrected chi connectivity index (χ3v) is 3.83. The van der Waals surface area contributed by atoms with Gasteiger partial charge in [-0.25, -0.2) is 0 Å². The number of hydrogen-bond donors (Lipinski definition) is 0. The van der Waals surface area contributed by atoms with Crippen LogP contribution in [-0.2, 0) is 0 Å². The molecule has 1 heteroatoms. The monoisotopic (exact) mass is 258 g/mol. The first-order valence-corrected chi connectivity index (χ1v) is 6.80. The summed E-state index contributed by atoms with van der Waals surface area (Å²) in [5.41, 5.74) is 5.64. The predicted octanol–water partition coefficient (Wildman–Crippen LogP) is 5.56. The fourth-order valence-corrected chi connectivity index (χ4v) is 2.79. The first-order valence-electron chi connectivity index (χ1n) is 6.80. The van der Waals surface area contributed by atoms with Crippen molar-refractivity contribution in [1.82, 2.24) is 0 Å². The highest BCUT2D eigenvalue weighted by Gasteiger charge is 2.08. The molecule has 0 bridgehead atoms. The van der Waals surface area contributed by atoms with Gasteiger partial charge in [0.25, 0.3) is 0 Å². The van der Waals surface area contributed by atoms with Gasteiger partial charge in [0.1, 0.15) is 11.2 Å². The Morgan fingerprint density at radius 1 is 0.700 bits per heavy atom. The van der Waals surface area contributed by atoms with Crippen LogP contribution in [0, 0.1) is 6.92 Å². The first-order chi connectivity index (χ1) is 9.83. The predicted molar refractivity (Wildman–Crippen MR) is 83.9 cm³/mol. The van der Waals surface area contributed by atoms with Crippen LogP contribution in [0.25, 0.3) is 33.1 Å². The molecule has 4 aromatic rings. The molecular weight excluding hydrogens is 244 g/mol. The number of benzene rings is 3. The summed E-state index contributed by atoms with van der Waals surface area (Å²) in [6, 6.07) is 23.1. The molecule has 1 aromatic heterocycles. The van der Waals surface area contributed by atoms with E-state index in [0.29, 0.717) is 0 Å². The zero-order valence-electron chi connectivity index (χ0n) is 11.3. The second-order valence-corrected chi connectivity index (χ2v) is 5.12. The molecule has 1 nitrogen and oxygen atoms in total. The number of fused-ring (bicyclic) bond motifs is 3. The van der Waals surface area contributed by atoms with Crippen molar-refractivity contribution in [2.45, 2.75) is 6.92 Å². The lowest BCUT2D eigenvalue weighted by Crippen LogP contribution is -1.81. The smallest absolute Gasteiger partial charge is 0.136 e. The summed E-state index contributed by atoms with van der Waals surface area (Å²) in [5.74, 6) is 0. The van der Waals surface area contributed by atoms with E-state index in [1.54, 1.807) is 0 Å². The van der Waals surface area contributed by atoms with E-state index < -0.39 is 0 Å². The summed E-state index contributed by atoms with van der Waals surface area (Å²) < 4.78 is 5.95. The highest BCUT2D eigenvalue weighted by molar-refractivity contribution is 6.05. The molecule has 4 rings (SSSR count). The molecular formula is C19H14O. The number of rotatable bonds is 1. The van der Waals surface area contributed by atoms with Gasteiger partial charge in [0, 0.05) is 10.8 Å². The van der Waals surface area contributed by atoms with Gasteiger partial charge in [-0.2, -0.15) is 0 Å². The van der Waals surface area contributed by atoms with Crippen molar-refractivity contribution in [3.05, 3.63) is 72.3 Å². The fraction of sp³-hybridized carbons (Fsp3) is 0.0526. The maximum absolute atomic E-state index is 5.95. The molecule has 20 heavy (non-hydrogen) atoms. The van der Waals surface area contributed by atoms with Gasteiger partial charge < -0.3 is 4.42 Å². The number of furan rings is 1. The Balaban J connectivity index is 2.00. The number of hydrogen-bond acceptors (Lipinski definition) is 1. The minimum absolute atomic E-state index is 0.949. The fourth-order valence-electron chi connectivity index (χ4n) is 2.79. The zero-order chi connectivity index (χ0) is 13.5. The van der Waals surface area contributed by atoms with Crippen LogP contribution < -0.4 is 0 Å². The SMILES string of the molecule is Cc1ccccc1-c1ccc2c(c1)oc1ccccc12. The highest BCUT2D eigenvalue weighted by Crippen LogP contribution is 2.32. The van der Waals surface area contributed by atoms with E-state index >= 15 is 0 Å². The molecule has 0 aliphatic heterocycles. The molecule has 0 aliphatic carbocycles. The third kappa shape index (κ3) is 1.64. The maximum atomic E-state index is 5.95. The summed E-state index contributed by atoms with van der Waals surface area (Å²) in [6.07, 6.45) is 0. The summed E-state index contributed by atoms with van der Waals surface area (Å²) in [5, 5.41) is 2.36. The Hall–Kier alpha value is -2.54. The summed E-state index contributed by atoms with van der Waals surface area (Å²) in [6.45, 7) is 2.14. The molecule has 1 heterocycles. The molecule has 3 aromatic carbocycles. The molecule has 0 atom stereocenters. The summed E-state index contributed by atoms with van der Waals surface area (Å²) in [7, 11) is 0. The number of para-hydroxylation sites is 1. The van der Waals surface area contributed by atoms with E-state index in [0.717, 1.165) is 11.2 Å². The van der Waals surface area contributed by atoms with Crippen molar-refractivity contribution in [3.63, 3.8) is 0 Å². The van der Waals surface area contributed by atoms with Crippen molar-refractivity contribution >= 4 is 21.9 Å². The zero-order valence-corrected chi connectivity index (χ0v) is 11.3. The third-order valence-electron chi connectivity index (χ3n) is 3.83. The Morgan fingerprint density at radius 2 is 1.45 bits per heavy atom. The molecule has 0 saturated carbocycles. The molecule has 0 spiro atoms. The second-order valence-electron chi connectivity index (χ2n) is 5.12. The number of aryl methyl sites for hydroxylation is 1. The van der Waals surface area contributed by atoms with Crippen molar-refractivity contribution in [1.29, 1.82) is 0 Å². The van der Waals surface area contributed by atoms with Crippen LogP contribution in [0.15, 0.2) is 71.1 Å². The van der Waals surface area contributed by atoms with E-state index in [2.05, 4.69) is 55.5 Å². The molecule has 0 aliphatic rings. The molecule has 96 valence electrons. The minimum Gasteiger partial charge on any atom is -0.456 e. The molecule has 0 unspecified atom stereocenters. The Morgan fingerprint density at radius 3 is 2.35 bits per heavy atom. The van der Waals surface area contributed by atoms with Crippen LogP contribution in [0.5, 0.6) is 0 Å². The summed E-state index contributed by atoms with van der Waals surface area (Å²) in [4.78, 5) is 0. The van der Waals surface area contributed by atoms with E-state index in [1.807, 2.05) is 18.2 Å². The normalized spacial score (nSPS) is 11.2. The van der Waals surface area contributed by atoms with Crippen LogP contribution in [-0.4, -0.2) is 0 Å². The first kappa shape index (κ1) is 11.3. The van der Waals surface area contributed by atoms with Gasteiger partial charge in [0.05, 0.1) is 0 Å². The Labute approximate surface area is 117 Å². The van der Waals surface area contributed by atoms with Crippen LogP contribution in [0.2, 0.25) is 0 Å². The van der Waals surface area contributed by atoms with Crippen LogP contribution in [0.3, 0.4) is 0 Å². The molecule has 0 fully saturated rings. The maximum Gasteiger partial charge on any atom is 0.136 e. The lowest BCUT2D eigenvalue weighted by Gasteiger charge is -2.05. The van der Waals surface area contributed by atoms with Crippen molar-refractivity contribution < 1.29 is 4.42 Å². The second kappa shape index (κ2) is 4.24. The van der Waals surface area contributed by atoms with E-state index in [4.69, 9.17) is 4.42 Å². The van der Waals surface area contributed by atoms with Gasteiger partial charge in [-0.15, -0.1) is 0 Å². The Kier molecular flexibility index (Phi) is 2.40. The molecule has 0 N–H and O–H groups in total. The Bertz CT molecular complexity index is 915. The van der Waals surface area contributed by atoms with Crippen molar-refractivity contribution in [2.24, 2.45) is 0 Å². The minimum atomic E-state index is 0.949. The van der Waals surface area contributed by atoms with Crippen LogP contribution in [0.1, 0.15) is 5.56 Å². The van der Waals surface area contributed by atoms with E-state index in [-0.39, 0.29) is 0 Å². The quantitative estimate of drug-likeness (QED) is 0.435. The topological polar surface area (TPSA) is 13.1 Å². The highest BCUT2D eigenvalue weighted by atomic mass is 16.3. The van der Waals surface area contributed by atoms with Crippen molar-refractivity contribution in [3.8, 4) is 11.1 Å². The van der Waals surface area contributed by atoms with Gasteiger partial charge in [0.15, 0.2) is 0 Å². The standard InChI is InChI=1S/C19H14O/c1-13-6-2-3-7-15(13)14-10-11-17-16-8-4-5-9-18(16)20-19(17)12-14/h2-12H,1H3. The van der Waals surface area contributed by atoms with Gasteiger partial charge in [-0.1, -0.05) is 48.5 Å². The van der Waals surface area contributed by atoms with Gasteiger partial charge in [-0.05, 0) is 41.8 Å². The lowest BCUT2D eigenvalue weighted by atomic mass is 9.99. The van der Waals surface area contributed by atoms with Crippen LogP contribution in [0.4, 0.5) is 0 Å². The van der Waals surface area contributed by atoms with Gasteiger partial charge >= 0.3 is 0 Å². The average Bonchev–Trinajstić information content (AvgIpc) is 2.85. The van der Waals surface area contributed by atoms with E-state index in [9.17, 15) is 0 Å².